The van der Waals surface area contributed by atoms with E-state index in [-0.39, 0.29) is 11.9 Å². The fourth-order valence-electron chi connectivity index (χ4n) is 2.82. The Morgan fingerprint density at radius 1 is 1.30 bits per heavy atom. The van der Waals surface area contributed by atoms with Crippen molar-refractivity contribution in [3.05, 3.63) is 56.8 Å². The van der Waals surface area contributed by atoms with Crippen LogP contribution in [0.3, 0.4) is 0 Å². The lowest BCUT2D eigenvalue weighted by atomic mass is 9.88. The van der Waals surface area contributed by atoms with Gasteiger partial charge in [-0.25, -0.2) is 0 Å². The molecule has 1 N–H and O–H groups in total. The molecule has 1 amide bonds. The number of carbonyl (C=O) groups excluding carboxylic acids is 1. The molecule has 0 fully saturated rings. The molecule has 0 saturated carbocycles. The predicted octanol–water partition coefficient (Wildman–Crippen LogP) is 4.17. The van der Waals surface area contributed by atoms with Crippen LogP contribution in [0.25, 0.3) is 0 Å². The van der Waals surface area contributed by atoms with E-state index in [4.69, 9.17) is 0 Å². The Morgan fingerprint density at radius 2 is 2.10 bits per heavy atom. The van der Waals surface area contributed by atoms with Crippen LogP contribution in [0.2, 0.25) is 0 Å². The van der Waals surface area contributed by atoms with Gasteiger partial charge in [0.2, 0.25) is 0 Å². The van der Waals surface area contributed by atoms with Crippen LogP contribution >= 0.6 is 11.3 Å². The Labute approximate surface area is 123 Å². The van der Waals surface area contributed by atoms with Crippen LogP contribution in [0.5, 0.6) is 0 Å². The van der Waals surface area contributed by atoms with Crippen molar-refractivity contribution in [3.63, 3.8) is 0 Å². The van der Waals surface area contributed by atoms with Gasteiger partial charge >= 0.3 is 0 Å². The number of aryl methyl sites for hydroxylation is 3. The number of nitrogens with one attached hydrogen (secondary N) is 1. The molecule has 1 aromatic heterocycles. The standard InChI is InChI=1S/C17H19NOS/c1-11-10-16(20-12(11)2)17(19)18-15-9-5-7-13-6-3-4-8-14(13)15/h3-4,6,8,10,15H,5,7,9H2,1-2H3,(H,18,19). The first-order valence-electron chi connectivity index (χ1n) is 7.11. The normalized spacial score (nSPS) is 17.6. The average molecular weight is 285 g/mol. The van der Waals surface area contributed by atoms with E-state index < -0.39 is 0 Å². The molecule has 3 heteroatoms. The molecule has 0 radical (unpaired) electrons. The summed E-state index contributed by atoms with van der Waals surface area (Å²) in [7, 11) is 0. The summed E-state index contributed by atoms with van der Waals surface area (Å²) in [6, 6.07) is 10.6. The van der Waals surface area contributed by atoms with Gasteiger partial charge in [-0.05, 0) is 55.9 Å². The minimum atomic E-state index is 0.0629. The lowest BCUT2D eigenvalue weighted by Gasteiger charge is -2.26. The van der Waals surface area contributed by atoms with E-state index in [1.165, 1.54) is 21.6 Å². The Morgan fingerprint density at radius 3 is 2.85 bits per heavy atom. The summed E-state index contributed by atoms with van der Waals surface area (Å²) in [6.07, 6.45) is 3.30. The highest BCUT2D eigenvalue weighted by Gasteiger charge is 2.22. The van der Waals surface area contributed by atoms with Crippen molar-refractivity contribution >= 4 is 17.2 Å². The number of carbonyl (C=O) groups is 1. The summed E-state index contributed by atoms with van der Waals surface area (Å²) in [5.74, 6) is 0.0629. The molecular weight excluding hydrogens is 266 g/mol. The van der Waals surface area contributed by atoms with Gasteiger partial charge in [-0.1, -0.05) is 24.3 Å². The molecule has 1 aromatic carbocycles. The number of hydrogen-bond donors (Lipinski definition) is 1. The van der Waals surface area contributed by atoms with Crippen LogP contribution < -0.4 is 5.32 Å². The van der Waals surface area contributed by atoms with Crippen molar-refractivity contribution in [1.29, 1.82) is 0 Å². The summed E-state index contributed by atoms with van der Waals surface area (Å²) in [6.45, 7) is 4.12. The zero-order valence-electron chi connectivity index (χ0n) is 11.9. The minimum Gasteiger partial charge on any atom is -0.345 e. The predicted molar refractivity (Wildman–Crippen MR) is 83.4 cm³/mol. The first kappa shape index (κ1) is 13.4. The number of thiophene rings is 1. The zero-order valence-corrected chi connectivity index (χ0v) is 12.7. The maximum absolute atomic E-state index is 12.4. The van der Waals surface area contributed by atoms with Crippen LogP contribution in [0.4, 0.5) is 0 Å². The molecule has 3 rings (SSSR count). The van der Waals surface area contributed by atoms with Crippen molar-refractivity contribution in [2.75, 3.05) is 0 Å². The molecule has 0 saturated heterocycles. The molecule has 20 heavy (non-hydrogen) atoms. The monoisotopic (exact) mass is 285 g/mol. The van der Waals surface area contributed by atoms with Crippen molar-refractivity contribution in [1.82, 2.24) is 5.32 Å². The Bertz CT molecular complexity index is 625. The number of amides is 1. The molecule has 104 valence electrons. The third-order valence-electron chi connectivity index (χ3n) is 4.06. The van der Waals surface area contributed by atoms with Gasteiger partial charge in [0.05, 0.1) is 10.9 Å². The van der Waals surface area contributed by atoms with Gasteiger partial charge < -0.3 is 5.32 Å². The van der Waals surface area contributed by atoms with Gasteiger partial charge in [0, 0.05) is 4.88 Å². The second kappa shape index (κ2) is 5.41. The number of rotatable bonds is 2. The minimum absolute atomic E-state index is 0.0629. The average Bonchev–Trinajstić information content (AvgIpc) is 2.79. The van der Waals surface area contributed by atoms with E-state index in [0.717, 1.165) is 24.1 Å². The van der Waals surface area contributed by atoms with E-state index >= 15 is 0 Å². The summed E-state index contributed by atoms with van der Waals surface area (Å²) in [5.41, 5.74) is 3.86. The van der Waals surface area contributed by atoms with Crippen LogP contribution in [0.1, 0.15) is 50.1 Å². The number of hydrogen-bond acceptors (Lipinski definition) is 2. The Hall–Kier alpha value is -1.61. The van der Waals surface area contributed by atoms with E-state index in [0.29, 0.717) is 0 Å². The van der Waals surface area contributed by atoms with Crippen molar-refractivity contribution in [3.8, 4) is 0 Å². The first-order valence-corrected chi connectivity index (χ1v) is 7.92. The molecule has 0 aliphatic heterocycles. The highest BCUT2D eigenvalue weighted by atomic mass is 32.1. The van der Waals surface area contributed by atoms with Crippen LogP contribution in [-0.2, 0) is 6.42 Å². The fourth-order valence-corrected chi connectivity index (χ4v) is 3.76. The van der Waals surface area contributed by atoms with Gasteiger partial charge in [-0.2, -0.15) is 0 Å². The molecule has 1 unspecified atom stereocenters. The third kappa shape index (κ3) is 2.50. The van der Waals surface area contributed by atoms with E-state index in [1.54, 1.807) is 11.3 Å². The summed E-state index contributed by atoms with van der Waals surface area (Å²) >= 11 is 1.58. The molecular formula is C17H19NOS. The lowest BCUT2D eigenvalue weighted by Crippen LogP contribution is -2.30. The first-order chi connectivity index (χ1) is 9.65. The van der Waals surface area contributed by atoms with Crippen molar-refractivity contribution in [2.45, 2.75) is 39.2 Å². The highest BCUT2D eigenvalue weighted by Crippen LogP contribution is 2.30. The number of benzene rings is 1. The largest absolute Gasteiger partial charge is 0.345 e. The SMILES string of the molecule is Cc1cc(C(=O)NC2CCCc3ccccc32)sc1C. The maximum Gasteiger partial charge on any atom is 0.261 e. The topological polar surface area (TPSA) is 29.1 Å². The van der Waals surface area contributed by atoms with E-state index in [9.17, 15) is 4.79 Å². The van der Waals surface area contributed by atoms with Crippen LogP contribution in [-0.4, -0.2) is 5.91 Å². The van der Waals surface area contributed by atoms with Crippen molar-refractivity contribution < 1.29 is 4.79 Å². The fraction of sp³-hybridized carbons (Fsp3) is 0.353. The molecule has 2 aromatic rings. The van der Waals surface area contributed by atoms with Gasteiger partial charge in [-0.3, -0.25) is 4.79 Å². The Balaban J connectivity index is 1.80. The Kier molecular flexibility index (Phi) is 3.62. The van der Waals surface area contributed by atoms with Gasteiger partial charge in [-0.15, -0.1) is 11.3 Å². The molecule has 1 heterocycles. The van der Waals surface area contributed by atoms with E-state index in [1.807, 2.05) is 6.07 Å². The molecule has 2 nitrogen and oxygen atoms in total. The summed E-state index contributed by atoms with van der Waals surface area (Å²) < 4.78 is 0. The van der Waals surface area contributed by atoms with Crippen molar-refractivity contribution in [2.24, 2.45) is 0 Å². The maximum atomic E-state index is 12.4. The van der Waals surface area contributed by atoms with Gasteiger partial charge in [0.1, 0.15) is 0 Å². The molecule has 1 aliphatic rings. The molecule has 1 atom stereocenters. The molecule has 0 spiro atoms. The van der Waals surface area contributed by atoms with Crippen LogP contribution in [0, 0.1) is 13.8 Å². The molecule has 0 bridgehead atoms. The van der Waals surface area contributed by atoms with Gasteiger partial charge in [0.25, 0.3) is 5.91 Å². The zero-order chi connectivity index (χ0) is 14.1. The highest BCUT2D eigenvalue weighted by molar-refractivity contribution is 7.14. The third-order valence-corrected chi connectivity index (χ3v) is 5.22. The smallest absolute Gasteiger partial charge is 0.261 e. The quantitative estimate of drug-likeness (QED) is 0.881. The lowest BCUT2D eigenvalue weighted by molar-refractivity contribution is 0.0937. The second-order valence-corrected chi connectivity index (χ2v) is 6.72. The van der Waals surface area contributed by atoms with Gasteiger partial charge in [0.15, 0.2) is 0 Å². The van der Waals surface area contributed by atoms with E-state index in [2.05, 4.69) is 43.4 Å². The summed E-state index contributed by atoms with van der Waals surface area (Å²) in [4.78, 5) is 14.4. The molecule has 1 aliphatic carbocycles. The number of fused-ring (bicyclic) bond motifs is 1. The van der Waals surface area contributed by atoms with Crippen LogP contribution in [0.15, 0.2) is 30.3 Å². The second-order valence-electron chi connectivity index (χ2n) is 5.47. The summed E-state index contributed by atoms with van der Waals surface area (Å²) in [5, 5.41) is 3.20.